The van der Waals surface area contributed by atoms with Crippen molar-refractivity contribution >= 4 is 11.3 Å². The molecule has 0 saturated heterocycles. The number of anilines is 1. The zero-order chi connectivity index (χ0) is 20.7. The summed E-state index contributed by atoms with van der Waals surface area (Å²) in [5.74, 6) is -1.63. The second kappa shape index (κ2) is 9.95. The van der Waals surface area contributed by atoms with Gasteiger partial charge in [0.05, 0.1) is 12.7 Å². The fourth-order valence-corrected chi connectivity index (χ4v) is 2.13. The van der Waals surface area contributed by atoms with Crippen molar-refractivity contribution < 1.29 is 24.4 Å². The standard InChI is InChI=1S/C15H24N4O3.C3H8O2/c1-15(2,21-4)22-9-12(20-3)7-5-11-6-8-13-14(16)17-10-18-19(11)13;1-3(2,4)5/h6,8,10,12H,5,7,9H2,1-4H3,(H2,16,17,18);4-5H,1-2H3. The second-order valence-electron chi connectivity index (χ2n) is 7.07. The van der Waals surface area contributed by atoms with Crippen LogP contribution in [0.3, 0.4) is 0 Å². The van der Waals surface area contributed by atoms with Crippen LogP contribution in [0.5, 0.6) is 0 Å². The van der Waals surface area contributed by atoms with Crippen molar-refractivity contribution in [1.82, 2.24) is 14.6 Å². The molecule has 0 spiro atoms. The number of hydrogen-bond acceptors (Lipinski definition) is 8. The first kappa shape index (κ1) is 23.3. The van der Waals surface area contributed by atoms with Gasteiger partial charge in [0.1, 0.15) is 11.8 Å². The molecular formula is C18H32N4O5. The highest BCUT2D eigenvalue weighted by molar-refractivity contribution is 5.65. The van der Waals surface area contributed by atoms with Crippen molar-refractivity contribution in [3.63, 3.8) is 0 Å². The molecule has 1 atom stereocenters. The van der Waals surface area contributed by atoms with Gasteiger partial charge in [-0.05, 0) is 52.7 Å². The third-order valence-electron chi connectivity index (χ3n) is 3.72. The van der Waals surface area contributed by atoms with Gasteiger partial charge in [0.25, 0.3) is 0 Å². The van der Waals surface area contributed by atoms with Gasteiger partial charge in [0, 0.05) is 19.9 Å². The normalized spacial score (nSPS) is 13.3. The lowest BCUT2D eigenvalue weighted by atomic mass is 10.1. The first-order chi connectivity index (χ1) is 12.5. The number of aliphatic hydroxyl groups is 2. The van der Waals surface area contributed by atoms with Crippen molar-refractivity contribution in [2.75, 3.05) is 26.6 Å². The number of aromatic nitrogens is 3. The lowest BCUT2D eigenvalue weighted by Gasteiger charge is -2.26. The molecule has 9 heteroatoms. The molecule has 2 rings (SSSR count). The molecule has 0 fully saturated rings. The fourth-order valence-electron chi connectivity index (χ4n) is 2.13. The summed E-state index contributed by atoms with van der Waals surface area (Å²) in [7, 11) is 3.31. The van der Waals surface area contributed by atoms with E-state index >= 15 is 0 Å². The van der Waals surface area contributed by atoms with E-state index in [4.69, 9.17) is 30.2 Å². The first-order valence-corrected chi connectivity index (χ1v) is 8.70. The van der Waals surface area contributed by atoms with E-state index in [9.17, 15) is 0 Å². The molecule has 0 saturated carbocycles. The molecule has 154 valence electrons. The van der Waals surface area contributed by atoms with Crippen molar-refractivity contribution in [2.45, 2.75) is 58.2 Å². The maximum Gasteiger partial charge on any atom is 0.162 e. The Labute approximate surface area is 160 Å². The predicted molar refractivity (Wildman–Crippen MR) is 102 cm³/mol. The number of methoxy groups -OCH3 is 2. The molecule has 4 N–H and O–H groups in total. The number of fused-ring (bicyclic) bond motifs is 1. The SMILES string of the molecule is CC(C)(O)O.COC(CCc1ccc2c(N)ncnn12)COC(C)(C)OC. The lowest BCUT2D eigenvalue weighted by Crippen LogP contribution is -2.32. The summed E-state index contributed by atoms with van der Waals surface area (Å²) in [4.78, 5) is 3.99. The maximum absolute atomic E-state index is 8.08. The van der Waals surface area contributed by atoms with Crippen molar-refractivity contribution in [1.29, 1.82) is 0 Å². The van der Waals surface area contributed by atoms with Gasteiger partial charge in [-0.15, -0.1) is 0 Å². The minimum Gasteiger partial charge on any atom is -0.382 e. The maximum atomic E-state index is 8.08. The number of aryl methyl sites for hydroxylation is 1. The number of nitrogens with zero attached hydrogens (tertiary/aromatic N) is 3. The summed E-state index contributed by atoms with van der Waals surface area (Å²) < 4.78 is 18.2. The molecule has 2 aromatic heterocycles. The van der Waals surface area contributed by atoms with E-state index in [0.717, 1.165) is 24.1 Å². The summed E-state index contributed by atoms with van der Waals surface area (Å²) in [5, 5.41) is 20.4. The predicted octanol–water partition coefficient (Wildman–Crippen LogP) is 1.37. The molecule has 1 unspecified atom stereocenters. The van der Waals surface area contributed by atoms with Crippen LogP contribution < -0.4 is 5.73 Å². The Hall–Kier alpha value is -1.78. The molecule has 0 bridgehead atoms. The van der Waals surface area contributed by atoms with Crippen LogP contribution in [0.4, 0.5) is 5.82 Å². The Morgan fingerprint density at radius 2 is 1.81 bits per heavy atom. The van der Waals surface area contributed by atoms with Crippen molar-refractivity contribution in [3.05, 3.63) is 24.2 Å². The van der Waals surface area contributed by atoms with E-state index in [1.54, 1.807) is 14.2 Å². The summed E-state index contributed by atoms with van der Waals surface area (Å²) in [6.45, 7) is 6.82. The van der Waals surface area contributed by atoms with Crippen molar-refractivity contribution in [3.8, 4) is 0 Å². The summed E-state index contributed by atoms with van der Waals surface area (Å²) in [6, 6.07) is 3.93. The molecule has 9 nitrogen and oxygen atoms in total. The van der Waals surface area contributed by atoms with Crippen LogP contribution in [0, 0.1) is 0 Å². The molecule has 2 aromatic rings. The van der Waals surface area contributed by atoms with Crippen LogP contribution in [0.25, 0.3) is 5.52 Å². The van der Waals surface area contributed by atoms with Crippen LogP contribution in [0.15, 0.2) is 18.5 Å². The van der Waals surface area contributed by atoms with E-state index < -0.39 is 11.6 Å². The monoisotopic (exact) mass is 384 g/mol. The van der Waals surface area contributed by atoms with Crippen LogP contribution >= 0.6 is 0 Å². The number of ether oxygens (including phenoxy) is 3. The van der Waals surface area contributed by atoms with Crippen LogP contribution in [0.2, 0.25) is 0 Å². The second-order valence-corrected chi connectivity index (χ2v) is 7.07. The van der Waals surface area contributed by atoms with Gasteiger partial charge in [0.15, 0.2) is 17.4 Å². The summed E-state index contributed by atoms with van der Waals surface area (Å²) >= 11 is 0. The van der Waals surface area contributed by atoms with E-state index in [2.05, 4.69) is 10.1 Å². The Morgan fingerprint density at radius 1 is 1.19 bits per heavy atom. The Bertz CT molecular complexity index is 691. The Kier molecular flexibility index (Phi) is 8.58. The zero-order valence-electron chi connectivity index (χ0n) is 17.0. The highest BCUT2D eigenvalue weighted by Crippen LogP contribution is 2.17. The van der Waals surface area contributed by atoms with Gasteiger partial charge in [-0.25, -0.2) is 9.50 Å². The third-order valence-corrected chi connectivity index (χ3v) is 3.72. The lowest BCUT2D eigenvalue weighted by molar-refractivity contribution is -0.211. The largest absolute Gasteiger partial charge is 0.382 e. The number of hydrogen-bond donors (Lipinski definition) is 3. The average molecular weight is 384 g/mol. The quantitative estimate of drug-likeness (QED) is 0.583. The fraction of sp³-hybridized carbons (Fsp3) is 0.667. The van der Waals surface area contributed by atoms with Crippen LogP contribution in [-0.2, 0) is 20.6 Å². The number of nitrogen functional groups attached to an aromatic ring is 1. The van der Waals surface area contributed by atoms with Gasteiger partial charge >= 0.3 is 0 Å². The van der Waals surface area contributed by atoms with Gasteiger partial charge in [0.2, 0.25) is 0 Å². The van der Waals surface area contributed by atoms with Gasteiger partial charge in [-0.3, -0.25) is 0 Å². The molecule has 0 aliphatic rings. The Balaban J connectivity index is 0.000000646. The molecule has 0 amide bonds. The smallest absolute Gasteiger partial charge is 0.162 e. The highest BCUT2D eigenvalue weighted by Gasteiger charge is 2.20. The Morgan fingerprint density at radius 3 is 2.37 bits per heavy atom. The van der Waals surface area contributed by atoms with E-state index in [-0.39, 0.29) is 6.10 Å². The molecule has 0 aromatic carbocycles. The van der Waals surface area contributed by atoms with E-state index in [1.165, 1.54) is 20.2 Å². The van der Waals surface area contributed by atoms with Crippen LogP contribution in [0.1, 0.15) is 39.8 Å². The number of rotatable bonds is 8. The summed E-state index contributed by atoms with van der Waals surface area (Å²) in [5.41, 5.74) is 7.72. The van der Waals surface area contributed by atoms with E-state index in [1.807, 2.05) is 30.5 Å². The zero-order valence-corrected chi connectivity index (χ0v) is 17.0. The van der Waals surface area contributed by atoms with Crippen LogP contribution in [-0.4, -0.2) is 63.3 Å². The molecule has 0 aliphatic heterocycles. The van der Waals surface area contributed by atoms with E-state index in [0.29, 0.717) is 12.4 Å². The molecule has 0 radical (unpaired) electrons. The van der Waals surface area contributed by atoms with Gasteiger partial charge < -0.3 is 30.2 Å². The highest BCUT2D eigenvalue weighted by atomic mass is 16.7. The first-order valence-electron chi connectivity index (χ1n) is 8.70. The minimum atomic E-state index is -1.50. The molecule has 27 heavy (non-hydrogen) atoms. The van der Waals surface area contributed by atoms with Crippen molar-refractivity contribution in [2.24, 2.45) is 0 Å². The third kappa shape index (κ3) is 8.63. The average Bonchev–Trinajstić information content (AvgIpc) is 2.98. The summed E-state index contributed by atoms with van der Waals surface area (Å²) in [6.07, 6.45) is 3.06. The molecule has 0 aliphatic carbocycles. The molecule has 2 heterocycles. The topological polar surface area (TPSA) is 124 Å². The van der Waals surface area contributed by atoms with Gasteiger partial charge in [-0.1, -0.05) is 0 Å². The van der Waals surface area contributed by atoms with Gasteiger partial charge in [-0.2, -0.15) is 5.10 Å². The molecular weight excluding hydrogens is 352 g/mol. The number of nitrogens with two attached hydrogens (primary N) is 1. The minimum absolute atomic E-state index is 0.0147.